The van der Waals surface area contributed by atoms with Crippen molar-refractivity contribution in [2.45, 2.75) is 31.1 Å². The van der Waals surface area contributed by atoms with Crippen molar-refractivity contribution in [3.05, 3.63) is 175 Å². The highest BCUT2D eigenvalue weighted by atomic mass is 16.3. The Labute approximate surface area is 313 Å². The minimum absolute atomic E-state index is 0.0544. The molecule has 0 radical (unpaired) electrons. The average Bonchev–Trinajstić information content (AvgIpc) is 3.96. The molecule has 2 aliphatic rings. The summed E-state index contributed by atoms with van der Waals surface area (Å²) in [5.74, 6) is 1.93. The van der Waals surface area contributed by atoms with Crippen LogP contribution in [0.25, 0.3) is 89.5 Å². The zero-order valence-electron chi connectivity index (χ0n) is 29.7. The van der Waals surface area contributed by atoms with Gasteiger partial charge in [0.15, 0.2) is 17.5 Å². The number of hydrogen-bond donors (Lipinski definition) is 0. The third-order valence-corrected chi connectivity index (χ3v) is 11.7. The molecule has 2 aromatic heterocycles. The van der Waals surface area contributed by atoms with Gasteiger partial charge in [0.05, 0.1) is 0 Å². The second-order valence-corrected chi connectivity index (χ2v) is 14.7. The van der Waals surface area contributed by atoms with E-state index in [0.717, 1.165) is 55.3 Å². The Morgan fingerprint density at radius 2 is 0.944 bits per heavy atom. The van der Waals surface area contributed by atoms with Gasteiger partial charge in [0, 0.05) is 32.9 Å². The maximum absolute atomic E-state index is 6.53. The largest absolute Gasteiger partial charge is 0.456 e. The third kappa shape index (κ3) is 4.87. The highest BCUT2D eigenvalue weighted by Crippen LogP contribution is 2.57. The fourth-order valence-corrected chi connectivity index (χ4v) is 9.14. The van der Waals surface area contributed by atoms with Crippen LogP contribution in [0.2, 0.25) is 0 Å². The first-order chi connectivity index (χ1) is 26.7. The van der Waals surface area contributed by atoms with Crippen LogP contribution >= 0.6 is 0 Å². The number of furan rings is 1. The van der Waals surface area contributed by atoms with Crippen LogP contribution in [0.15, 0.2) is 168 Å². The van der Waals surface area contributed by atoms with E-state index in [9.17, 15) is 0 Å². The molecular weight excluding hydrogens is 659 g/mol. The van der Waals surface area contributed by atoms with Gasteiger partial charge in [-0.05, 0) is 81.6 Å². The Kier molecular flexibility index (Phi) is 6.99. The zero-order chi connectivity index (χ0) is 35.6. The number of fused-ring (bicyclic) bond motifs is 8. The van der Waals surface area contributed by atoms with E-state index in [1.54, 1.807) is 0 Å². The minimum Gasteiger partial charge on any atom is -0.456 e. The van der Waals surface area contributed by atoms with E-state index in [0.29, 0.717) is 17.5 Å². The van der Waals surface area contributed by atoms with Crippen molar-refractivity contribution >= 4 is 21.9 Å². The van der Waals surface area contributed by atoms with E-state index in [-0.39, 0.29) is 5.41 Å². The highest BCUT2D eigenvalue weighted by molar-refractivity contribution is 6.13. The SMILES string of the molecule is c1ccc(-c2ccc(-c3nc(-c4ccc5c(c4)C4(CCCC4)c4ccccc4-5)nc(-c4ccc5c(c4)oc4cccc(-c6ccccc6)c45)n3)cc2)cc1. The van der Waals surface area contributed by atoms with E-state index >= 15 is 0 Å². The smallest absolute Gasteiger partial charge is 0.164 e. The van der Waals surface area contributed by atoms with Gasteiger partial charge in [-0.25, -0.2) is 15.0 Å². The summed E-state index contributed by atoms with van der Waals surface area (Å²) in [6, 6.07) is 57.9. The predicted molar refractivity (Wildman–Crippen MR) is 219 cm³/mol. The molecule has 0 atom stereocenters. The molecule has 0 N–H and O–H groups in total. The number of nitrogens with zero attached hydrogens (tertiary/aromatic N) is 3. The van der Waals surface area contributed by atoms with Gasteiger partial charge < -0.3 is 4.42 Å². The van der Waals surface area contributed by atoms with Gasteiger partial charge in [-0.1, -0.05) is 152 Å². The number of hydrogen-bond acceptors (Lipinski definition) is 4. The number of benzene rings is 7. The lowest BCUT2D eigenvalue weighted by Crippen LogP contribution is -2.20. The Hall–Kier alpha value is -6.65. The van der Waals surface area contributed by atoms with Gasteiger partial charge in [0.2, 0.25) is 0 Å². The van der Waals surface area contributed by atoms with Crippen molar-refractivity contribution in [3.63, 3.8) is 0 Å². The first kappa shape index (κ1) is 30.9. The van der Waals surface area contributed by atoms with Crippen molar-refractivity contribution in [1.82, 2.24) is 15.0 Å². The fraction of sp³-hybridized carbons (Fsp3) is 0.100. The standard InChI is InChI=1S/C50H35N3O/c1-3-12-32(13-4-1)33-20-22-35(23-21-33)47-51-48(36-24-26-40-39-16-7-8-18-42(39)50(43(40)30-36)28-9-10-29-50)53-49(52-47)37-25-27-41-45(31-37)54-44-19-11-17-38(46(41)44)34-14-5-2-6-15-34/h1-8,11-27,30-31H,9-10,28-29H2. The normalized spacial score (nSPS) is 14.1. The quantitative estimate of drug-likeness (QED) is 0.180. The van der Waals surface area contributed by atoms with E-state index in [4.69, 9.17) is 19.4 Å². The lowest BCUT2D eigenvalue weighted by atomic mass is 9.76. The maximum atomic E-state index is 6.53. The fourth-order valence-electron chi connectivity index (χ4n) is 9.14. The molecule has 1 spiro atoms. The Morgan fingerprint density at radius 1 is 0.389 bits per heavy atom. The van der Waals surface area contributed by atoms with Gasteiger partial charge in [0.25, 0.3) is 0 Å². The lowest BCUT2D eigenvalue weighted by Gasteiger charge is -2.26. The molecule has 1 saturated carbocycles. The summed E-state index contributed by atoms with van der Waals surface area (Å²) in [5.41, 5.74) is 14.8. The second kappa shape index (κ2) is 12.2. The lowest BCUT2D eigenvalue weighted by molar-refractivity contribution is 0.550. The van der Waals surface area contributed by atoms with Crippen molar-refractivity contribution in [1.29, 1.82) is 0 Å². The van der Waals surface area contributed by atoms with E-state index in [2.05, 4.69) is 146 Å². The van der Waals surface area contributed by atoms with Crippen LogP contribution in [0.4, 0.5) is 0 Å². The molecule has 1 fully saturated rings. The Balaban J connectivity index is 1.07. The molecule has 0 saturated heterocycles. The van der Waals surface area contributed by atoms with Crippen LogP contribution in [-0.4, -0.2) is 15.0 Å². The molecule has 4 heteroatoms. The molecule has 0 unspecified atom stereocenters. The van der Waals surface area contributed by atoms with Gasteiger partial charge >= 0.3 is 0 Å². The highest BCUT2D eigenvalue weighted by Gasteiger charge is 2.45. The molecule has 11 rings (SSSR count). The number of rotatable bonds is 5. The molecule has 7 aromatic carbocycles. The molecule has 9 aromatic rings. The van der Waals surface area contributed by atoms with Crippen LogP contribution in [0.3, 0.4) is 0 Å². The van der Waals surface area contributed by atoms with Crippen molar-refractivity contribution in [3.8, 4) is 67.5 Å². The second-order valence-electron chi connectivity index (χ2n) is 14.7. The van der Waals surface area contributed by atoms with E-state index in [1.807, 2.05) is 18.2 Å². The molecule has 0 amide bonds. The van der Waals surface area contributed by atoms with E-state index < -0.39 is 0 Å². The first-order valence-corrected chi connectivity index (χ1v) is 18.9. The third-order valence-electron chi connectivity index (χ3n) is 11.7. The molecule has 54 heavy (non-hydrogen) atoms. The topological polar surface area (TPSA) is 51.8 Å². The predicted octanol–water partition coefficient (Wildman–Crippen LogP) is 12.9. The molecular formula is C50H35N3O. The average molecular weight is 694 g/mol. The molecule has 4 nitrogen and oxygen atoms in total. The van der Waals surface area contributed by atoms with Gasteiger partial charge in [-0.3, -0.25) is 0 Å². The first-order valence-electron chi connectivity index (χ1n) is 18.9. The van der Waals surface area contributed by atoms with Crippen LogP contribution in [0.5, 0.6) is 0 Å². The summed E-state index contributed by atoms with van der Waals surface area (Å²) in [6.07, 6.45) is 4.83. The summed E-state index contributed by atoms with van der Waals surface area (Å²) < 4.78 is 6.53. The summed E-state index contributed by atoms with van der Waals surface area (Å²) in [4.78, 5) is 15.5. The maximum Gasteiger partial charge on any atom is 0.164 e. The number of aromatic nitrogens is 3. The molecule has 2 aliphatic carbocycles. The van der Waals surface area contributed by atoms with Crippen LogP contribution in [0.1, 0.15) is 36.8 Å². The van der Waals surface area contributed by atoms with Gasteiger partial charge in [0.1, 0.15) is 11.2 Å². The summed E-state index contributed by atoms with van der Waals surface area (Å²) >= 11 is 0. The van der Waals surface area contributed by atoms with Gasteiger partial charge in [-0.2, -0.15) is 0 Å². The molecule has 0 aliphatic heterocycles. The van der Waals surface area contributed by atoms with Gasteiger partial charge in [-0.15, -0.1) is 0 Å². The van der Waals surface area contributed by atoms with Crippen molar-refractivity contribution in [2.75, 3.05) is 0 Å². The van der Waals surface area contributed by atoms with Crippen LogP contribution in [0, 0.1) is 0 Å². The molecule has 256 valence electrons. The van der Waals surface area contributed by atoms with E-state index in [1.165, 1.54) is 53.5 Å². The van der Waals surface area contributed by atoms with Crippen LogP contribution in [-0.2, 0) is 5.41 Å². The van der Waals surface area contributed by atoms with Crippen molar-refractivity contribution in [2.24, 2.45) is 0 Å². The zero-order valence-corrected chi connectivity index (χ0v) is 29.7. The minimum atomic E-state index is 0.0544. The monoisotopic (exact) mass is 693 g/mol. The Bertz CT molecular complexity index is 2870. The molecule has 0 bridgehead atoms. The summed E-state index contributed by atoms with van der Waals surface area (Å²) in [6.45, 7) is 0. The molecule has 2 heterocycles. The van der Waals surface area contributed by atoms with Crippen molar-refractivity contribution < 1.29 is 4.42 Å². The van der Waals surface area contributed by atoms with Crippen LogP contribution < -0.4 is 0 Å². The summed E-state index contributed by atoms with van der Waals surface area (Å²) in [5, 5.41) is 2.18. The summed E-state index contributed by atoms with van der Waals surface area (Å²) in [7, 11) is 0. The Morgan fingerprint density at radius 3 is 1.70 bits per heavy atom.